The summed E-state index contributed by atoms with van der Waals surface area (Å²) in [6, 6.07) is 5.38. The number of anilines is 2. The highest BCUT2D eigenvalue weighted by molar-refractivity contribution is 5.96. The lowest BCUT2D eigenvalue weighted by atomic mass is 10.0. The highest BCUT2D eigenvalue weighted by Crippen LogP contribution is 2.59. The molecule has 0 unspecified atom stereocenters. The molecule has 2 N–H and O–H groups in total. The van der Waals surface area contributed by atoms with E-state index < -0.39 is 23.3 Å². The molecule has 37 heavy (non-hydrogen) atoms. The van der Waals surface area contributed by atoms with E-state index in [0.717, 1.165) is 6.07 Å². The van der Waals surface area contributed by atoms with Gasteiger partial charge in [0.2, 0.25) is 11.9 Å². The number of aromatic nitrogens is 3. The van der Waals surface area contributed by atoms with Gasteiger partial charge in [0.05, 0.1) is 12.7 Å². The van der Waals surface area contributed by atoms with Crippen molar-refractivity contribution in [1.29, 1.82) is 0 Å². The van der Waals surface area contributed by atoms with Gasteiger partial charge in [-0.3, -0.25) is 4.79 Å². The molecule has 1 fully saturated rings. The molecule has 0 saturated heterocycles. The summed E-state index contributed by atoms with van der Waals surface area (Å²) in [6.07, 6.45) is -0.182. The van der Waals surface area contributed by atoms with Crippen molar-refractivity contribution in [3.8, 4) is 0 Å². The van der Waals surface area contributed by atoms with E-state index in [1.807, 2.05) is 7.05 Å². The van der Waals surface area contributed by atoms with Crippen LogP contribution in [0.4, 0.5) is 29.2 Å². The average Bonchev–Trinajstić information content (AvgIpc) is 3.38. The molecule has 4 rings (SSSR count). The Labute approximate surface area is 209 Å². The lowest BCUT2D eigenvalue weighted by Crippen LogP contribution is -2.28. The fourth-order valence-corrected chi connectivity index (χ4v) is 3.59. The Morgan fingerprint density at radius 1 is 1.27 bits per heavy atom. The lowest BCUT2D eigenvalue weighted by molar-refractivity contribution is -0.165. The third kappa shape index (κ3) is 5.76. The van der Waals surface area contributed by atoms with Crippen molar-refractivity contribution in [2.75, 3.05) is 10.6 Å². The summed E-state index contributed by atoms with van der Waals surface area (Å²) in [4.78, 5) is 24.5. The number of aryl methyl sites for hydroxylation is 1. The van der Waals surface area contributed by atoms with Gasteiger partial charge in [0.25, 0.3) is 0 Å². The van der Waals surface area contributed by atoms with Crippen molar-refractivity contribution in [2.45, 2.75) is 37.8 Å². The molecular formula is C24H23F4N7O2. The largest absolute Gasteiger partial charge is 0.401 e. The molecule has 1 aliphatic carbocycles. The Hall–Kier alpha value is -4.29. The van der Waals surface area contributed by atoms with Gasteiger partial charge in [-0.1, -0.05) is 17.3 Å². The van der Waals surface area contributed by atoms with Crippen LogP contribution in [-0.2, 0) is 23.7 Å². The maximum atomic E-state index is 14.7. The smallest absolute Gasteiger partial charge is 0.358 e. The first kappa shape index (κ1) is 25.8. The molecule has 3 aromatic rings. The van der Waals surface area contributed by atoms with Crippen molar-refractivity contribution in [2.24, 2.45) is 17.0 Å². The van der Waals surface area contributed by atoms with Crippen LogP contribution in [0.3, 0.4) is 0 Å². The first-order valence-corrected chi connectivity index (χ1v) is 11.1. The number of rotatable bonds is 7. The standard InChI is InChI=1S/C24H23F4N7O2/c1-14(11-30-22(29-2)33-20-12-35(3)13-31-20)15-4-5-16(17(25)8-15)9-21(36)32-19-10-18(37-34-19)23(6-7-23)24(26,27)28/h4-5,8,10-13H,2,6-7,9H2,1,3H3,(H,30,33)(H,32,34,36)/b14-11+. The number of nitrogens with zero attached hydrogens (tertiary/aromatic N) is 5. The van der Waals surface area contributed by atoms with Gasteiger partial charge >= 0.3 is 6.18 Å². The van der Waals surface area contributed by atoms with E-state index >= 15 is 0 Å². The van der Waals surface area contributed by atoms with E-state index in [9.17, 15) is 22.4 Å². The number of benzene rings is 1. The molecule has 2 heterocycles. The molecule has 1 aromatic carbocycles. The van der Waals surface area contributed by atoms with Gasteiger partial charge in [-0.2, -0.15) is 13.2 Å². The predicted octanol–water partition coefficient (Wildman–Crippen LogP) is 4.85. The minimum absolute atomic E-state index is 0.0953. The number of imidazole rings is 1. The number of hydrogen-bond acceptors (Lipinski definition) is 5. The number of alkyl halides is 3. The summed E-state index contributed by atoms with van der Waals surface area (Å²) < 4.78 is 61.0. The Morgan fingerprint density at radius 3 is 2.62 bits per heavy atom. The Bertz CT molecular complexity index is 1380. The monoisotopic (exact) mass is 517 g/mol. The van der Waals surface area contributed by atoms with Gasteiger partial charge < -0.3 is 19.7 Å². The maximum absolute atomic E-state index is 14.7. The van der Waals surface area contributed by atoms with Crippen molar-refractivity contribution < 1.29 is 26.9 Å². The molecule has 0 radical (unpaired) electrons. The maximum Gasteiger partial charge on any atom is 0.401 e. The molecule has 0 atom stereocenters. The van der Waals surface area contributed by atoms with Crippen molar-refractivity contribution in [3.63, 3.8) is 0 Å². The summed E-state index contributed by atoms with van der Waals surface area (Å²) in [5.74, 6) is -1.06. The average molecular weight is 517 g/mol. The molecule has 9 nitrogen and oxygen atoms in total. The molecule has 1 aliphatic rings. The number of allylic oxidation sites excluding steroid dienone is 1. The third-order valence-electron chi connectivity index (χ3n) is 5.88. The summed E-state index contributed by atoms with van der Waals surface area (Å²) in [5.41, 5.74) is -0.806. The summed E-state index contributed by atoms with van der Waals surface area (Å²) in [7, 11) is 1.81. The number of aliphatic imine (C=N–C) groups is 2. The van der Waals surface area contributed by atoms with Crippen LogP contribution in [0.2, 0.25) is 0 Å². The highest BCUT2D eigenvalue weighted by Gasteiger charge is 2.66. The predicted molar refractivity (Wildman–Crippen MR) is 130 cm³/mol. The second-order valence-electron chi connectivity index (χ2n) is 8.66. The number of hydrogen-bond donors (Lipinski definition) is 2. The normalized spacial score (nSPS) is 15.4. The Kier molecular flexibility index (Phi) is 6.96. The molecule has 2 aromatic heterocycles. The van der Waals surface area contributed by atoms with Gasteiger partial charge in [0.15, 0.2) is 17.4 Å². The number of halogens is 4. The minimum atomic E-state index is -4.46. The van der Waals surface area contributed by atoms with E-state index in [1.165, 1.54) is 18.3 Å². The highest BCUT2D eigenvalue weighted by atomic mass is 19.4. The van der Waals surface area contributed by atoms with Crippen molar-refractivity contribution in [1.82, 2.24) is 14.7 Å². The van der Waals surface area contributed by atoms with Gasteiger partial charge in [0.1, 0.15) is 11.2 Å². The fourth-order valence-electron chi connectivity index (χ4n) is 3.59. The second-order valence-corrected chi connectivity index (χ2v) is 8.66. The number of nitrogens with one attached hydrogen (secondary N) is 2. The molecule has 1 saturated carbocycles. The second kappa shape index (κ2) is 9.99. The van der Waals surface area contributed by atoms with E-state index in [2.05, 4.69) is 37.5 Å². The molecule has 1 amide bonds. The summed E-state index contributed by atoms with van der Waals surface area (Å²) in [6.45, 7) is 5.18. The zero-order chi connectivity index (χ0) is 26.8. The van der Waals surface area contributed by atoms with E-state index in [-0.39, 0.29) is 42.4 Å². The first-order valence-electron chi connectivity index (χ1n) is 11.1. The van der Waals surface area contributed by atoms with Crippen LogP contribution in [-0.4, -0.2) is 39.5 Å². The fraction of sp³-hybridized carbons (Fsp3) is 0.292. The number of amides is 1. The number of carbonyl (C=O) groups is 1. The van der Waals surface area contributed by atoms with Gasteiger partial charge in [-0.15, -0.1) is 0 Å². The topological polar surface area (TPSA) is 110 Å². The summed E-state index contributed by atoms with van der Waals surface area (Å²) in [5, 5.41) is 8.75. The number of carbonyl (C=O) groups excluding carboxylic acids is 1. The zero-order valence-electron chi connectivity index (χ0n) is 19.9. The van der Waals surface area contributed by atoms with Crippen molar-refractivity contribution in [3.05, 3.63) is 65.7 Å². The molecule has 0 aliphatic heterocycles. The molecule has 194 valence electrons. The molecule has 0 spiro atoms. The van der Waals surface area contributed by atoms with Crippen LogP contribution in [0, 0.1) is 5.82 Å². The van der Waals surface area contributed by atoms with E-state index in [1.54, 1.807) is 30.1 Å². The number of guanidine groups is 1. The van der Waals surface area contributed by atoms with Crippen LogP contribution in [0.25, 0.3) is 5.57 Å². The van der Waals surface area contributed by atoms with E-state index in [4.69, 9.17) is 4.52 Å². The minimum Gasteiger partial charge on any atom is -0.358 e. The van der Waals surface area contributed by atoms with Crippen LogP contribution in [0.5, 0.6) is 0 Å². The Balaban J connectivity index is 1.39. The molecule has 13 heteroatoms. The van der Waals surface area contributed by atoms with Gasteiger partial charge in [-0.25, -0.2) is 19.4 Å². The Morgan fingerprint density at radius 2 is 2.03 bits per heavy atom. The third-order valence-corrected chi connectivity index (χ3v) is 5.88. The summed E-state index contributed by atoms with van der Waals surface area (Å²) >= 11 is 0. The van der Waals surface area contributed by atoms with Gasteiger partial charge in [0, 0.05) is 25.5 Å². The van der Waals surface area contributed by atoms with Gasteiger partial charge in [-0.05, 0) is 49.2 Å². The molecule has 0 bridgehead atoms. The lowest BCUT2D eigenvalue weighted by Gasteiger charge is -2.14. The van der Waals surface area contributed by atoms with Crippen LogP contribution >= 0.6 is 0 Å². The molecular weight excluding hydrogens is 494 g/mol. The van der Waals surface area contributed by atoms with Crippen LogP contribution < -0.4 is 10.6 Å². The van der Waals surface area contributed by atoms with Crippen molar-refractivity contribution >= 4 is 35.8 Å². The van der Waals surface area contributed by atoms with E-state index in [0.29, 0.717) is 17.0 Å². The quantitative estimate of drug-likeness (QED) is 0.265. The first-order chi connectivity index (χ1) is 17.5. The van der Waals surface area contributed by atoms with Crippen LogP contribution in [0.1, 0.15) is 36.7 Å². The van der Waals surface area contributed by atoms with Crippen LogP contribution in [0.15, 0.2) is 57.5 Å². The SMILES string of the molecule is C=NC(=N/C=C(\C)c1ccc(CC(=O)Nc2cc(C3(C(F)(F)F)CC3)on2)c(F)c1)Nc1cn(C)cn1. The zero-order valence-corrected chi connectivity index (χ0v) is 19.9.